The lowest BCUT2D eigenvalue weighted by molar-refractivity contribution is -0.121. The molecule has 0 aliphatic heterocycles. The van der Waals surface area contributed by atoms with Crippen molar-refractivity contribution in [2.24, 2.45) is 12.8 Å². The van der Waals surface area contributed by atoms with E-state index in [1.807, 2.05) is 13.8 Å². The number of nitrogens with two attached hydrogens (primary N) is 1. The van der Waals surface area contributed by atoms with Gasteiger partial charge < -0.3 is 11.1 Å². The highest BCUT2D eigenvalue weighted by Crippen LogP contribution is 2.06. The van der Waals surface area contributed by atoms with Crippen molar-refractivity contribution in [1.82, 2.24) is 20.1 Å². The van der Waals surface area contributed by atoms with Crippen LogP contribution in [0.15, 0.2) is 6.33 Å². The minimum atomic E-state index is -0.305. The monoisotopic (exact) mass is 225 g/mol. The summed E-state index contributed by atoms with van der Waals surface area (Å²) in [7, 11) is 1.79. The fraction of sp³-hybridized carbons (Fsp3) is 0.700. The molecule has 1 aromatic heterocycles. The summed E-state index contributed by atoms with van der Waals surface area (Å²) in [5, 5.41) is 6.81. The van der Waals surface area contributed by atoms with E-state index in [1.165, 1.54) is 0 Å². The zero-order valence-electron chi connectivity index (χ0n) is 10.0. The average molecular weight is 225 g/mol. The number of nitrogens with one attached hydrogen (secondary N) is 1. The molecule has 3 N–H and O–H groups in total. The number of nitrogens with zero attached hydrogens (tertiary/aromatic N) is 3. The fourth-order valence-corrected chi connectivity index (χ4v) is 1.17. The Bertz CT molecular complexity index is 352. The van der Waals surface area contributed by atoms with E-state index < -0.39 is 0 Å². The molecule has 6 heteroatoms. The topological polar surface area (TPSA) is 85.8 Å². The maximum absolute atomic E-state index is 11.4. The van der Waals surface area contributed by atoms with Gasteiger partial charge in [0.15, 0.2) is 5.82 Å². The minimum Gasteiger partial charge on any atom is -0.349 e. The number of carbonyl (C=O) groups is 1. The van der Waals surface area contributed by atoms with Crippen molar-refractivity contribution in [3.8, 4) is 0 Å². The van der Waals surface area contributed by atoms with E-state index in [0.717, 1.165) is 0 Å². The van der Waals surface area contributed by atoms with E-state index in [4.69, 9.17) is 5.73 Å². The molecule has 0 aliphatic rings. The molecule has 0 saturated carbocycles. The number of hydrogen-bond acceptors (Lipinski definition) is 4. The third-order valence-electron chi connectivity index (χ3n) is 2.09. The molecule has 0 bridgehead atoms. The van der Waals surface area contributed by atoms with Crippen LogP contribution in [0.25, 0.3) is 0 Å². The predicted molar refractivity (Wildman–Crippen MR) is 60.4 cm³/mol. The Hall–Kier alpha value is -1.43. The van der Waals surface area contributed by atoms with Crippen LogP contribution in [0.3, 0.4) is 0 Å². The number of hydrogen-bond donors (Lipinski definition) is 2. The number of aryl methyl sites for hydroxylation is 1. The lowest BCUT2D eigenvalue weighted by Crippen LogP contribution is -2.34. The molecular weight excluding hydrogens is 206 g/mol. The Labute approximate surface area is 95.2 Å². The average Bonchev–Trinajstić information content (AvgIpc) is 2.57. The molecule has 16 heavy (non-hydrogen) atoms. The molecule has 0 radical (unpaired) electrons. The third kappa shape index (κ3) is 4.88. The summed E-state index contributed by atoms with van der Waals surface area (Å²) < 4.78 is 1.60. The van der Waals surface area contributed by atoms with Crippen LogP contribution < -0.4 is 11.1 Å². The second kappa shape index (κ2) is 5.07. The van der Waals surface area contributed by atoms with Crippen LogP contribution in [0.5, 0.6) is 0 Å². The molecule has 6 nitrogen and oxygen atoms in total. The summed E-state index contributed by atoms with van der Waals surface area (Å²) in [6.45, 7) is 4.17. The summed E-state index contributed by atoms with van der Waals surface area (Å²) in [6, 6.07) is 0. The molecule has 0 atom stereocenters. The lowest BCUT2D eigenvalue weighted by atomic mass is 10.00. The molecule has 1 rings (SSSR count). The second-order valence-corrected chi connectivity index (χ2v) is 4.60. The SMILES string of the molecule is Cn1cnc(CNC(=O)CCC(C)(C)N)n1. The first-order valence-corrected chi connectivity index (χ1v) is 5.27. The molecule has 0 aliphatic carbocycles. The molecule has 0 unspecified atom stereocenters. The van der Waals surface area contributed by atoms with Gasteiger partial charge in [-0.3, -0.25) is 9.48 Å². The zero-order valence-corrected chi connectivity index (χ0v) is 10.0. The highest BCUT2D eigenvalue weighted by atomic mass is 16.1. The van der Waals surface area contributed by atoms with E-state index in [9.17, 15) is 4.79 Å². The van der Waals surface area contributed by atoms with Crippen molar-refractivity contribution in [2.45, 2.75) is 38.8 Å². The summed E-state index contributed by atoms with van der Waals surface area (Å²) in [6.07, 6.45) is 2.69. The first-order valence-electron chi connectivity index (χ1n) is 5.27. The molecule has 0 aromatic carbocycles. The molecule has 0 saturated heterocycles. The Morgan fingerprint density at radius 1 is 1.62 bits per heavy atom. The number of rotatable bonds is 5. The number of aromatic nitrogens is 3. The Balaban J connectivity index is 2.25. The van der Waals surface area contributed by atoms with Gasteiger partial charge in [-0.25, -0.2) is 4.98 Å². The van der Waals surface area contributed by atoms with Crippen molar-refractivity contribution in [3.63, 3.8) is 0 Å². The van der Waals surface area contributed by atoms with Gasteiger partial charge in [0.25, 0.3) is 0 Å². The van der Waals surface area contributed by atoms with E-state index >= 15 is 0 Å². The minimum absolute atomic E-state index is 0.0222. The summed E-state index contributed by atoms with van der Waals surface area (Å²) in [4.78, 5) is 15.4. The highest BCUT2D eigenvalue weighted by molar-refractivity contribution is 5.75. The number of amides is 1. The van der Waals surface area contributed by atoms with E-state index in [2.05, 4.69) is 15.4 Å². The van der Waals surface area contributed by atoms with Gasteiger partial charge in [-0.15, -0.1) is 0 Å². The van der Waals surface area contributed by atoms with Gasteiger partial charge in [0, 0.05) is 19.0 Å². The van der Waals surface area contributed by atoms with E-state index in [1.54, 1.807) is 18.1 Å². The maximum Gasteiger partial charge on any atom is 0.220 e. The normalized spacial score (nSPS) is 11.5. The fourth-order valence-electron chi connectivity index (χ4n) is 1.17. The molecule has 0 spiro atoms. The van der Waals surface area contributed by atoms with Crippen molar-refractivity contribution >= 4 is 5.91 Å². The lowest BCUT2D eigenvalue weighted by Gasteiger charge is -2.17. The van der Waals surface area contributed by atoms with Crippen LogP contribution in [-0.4, -0.2) is 26.2 Å². The highest BCUT2D eigenvalue weighted by Gasteiger charge is 2.13. The van der Waals surface area contributed by atoms with Gasteiger partial charge in [0.2, 0.25) is 5.91 Å². The van der Waals surface area contributed by atoms with Gasteiger partial charge in [0.1, 0.15) is 6.33 Å². The van der Waals surface area contributed by atoms with Gasteiger partial charge in [-0.05, 0) is 20.3 Å². The first-order chi connectivity index (χ1) is 7.37. The largest absolute Gasteiger partial charge is 0.349 e. The summed E-state index contributed by atoms with van der Waals surface area (Å²) >= 11 is 0. The molecule has 0 fully saturated rings. The van der Waals surface area contributed by atoms with Gasteiger partial charge in [-0.1, -0.05) is 0 Å². The van der Waals surface area contributed by atoms with Crippen LogP contribution in [0.2, 0.25) is 0 Å². The van der Waals surface area contributed by atoms with Crippen LogP contribution in [-0.2, 0) is 18.4 Å². The maximum atomic E-state index is 11.4. The predicted octanol–water partition coefficient (Wildman–Crippen LogP) is -0.0512. The summed E-state index contributed by atoms with van der Waals surface area (Å²) in [5.74, 6) is 0.592. The Morgan fingerprint density at radius 2 is 2.31 bits per heavy atom. The molecule has 1 amide bonds. The Kier molecular flexibility index (Phi) is 4.00. The van der Waals surface area contributed by atoms with Crippen LogP contribution in [0.4, 0.5) is 0 Å². The van der Waals surface area contributed by atoms with E-state index in [0.29, 0.717) is 25.2 Å². The zero-order chi connectivity index (χ0) is 12.2. The molecule has 1 aromatic rings. The van der Waals surface area contributed by atoms with Crippen molar-refractivity contribution in [2.75, 3.05) is 0 Å². The summed E-state index contributed by atoms with van der Waals surface area (Å²) in [5.41, 5.74) is 5.48. The van der Waals surface area contributed by atoms with Crippen LogP contribution in [0, 0.1) is 0 Å². The van der Waals surface area contributed by atoms with E-state index in [-0.39, 0.29) is 11.4 Å². The third-order valence-corrected chi connectivity index (χ3v) is 2.09. The molecular formula is C10H19N5O. The number of carbonyl (C=O) groups excluding carboxylic acids is 1. The molecule has 1 heterocycles. The van der Waals surface area contributed by atoms with Gasteiger partial charge >= 0.3 is 0 Å². The van der Waals surface area contributed by atoms with Crippen molar-refractivity contribution < 1.29 is 4.79 Å². The van der Waals surface area contributed by atoms with Gasteiger partial charge in [-0.2, -0.15) is 5.10 Å². The van der Waals surface area contributed by atoms with Crippen LogP contribution in [0.1, 0.15) is 32.5 Å². The quantitative estimate of drug-likeness (QED) is 0.735. The molecule has 90 valence electrons. The van der Waals surface area contributed by atoms with Crippen molar-refractivity contribution in [3.05, 3.63) is 12.2 Å². The van der Waals surface area contributed by atoms with Gasteiger partial charge in [0.05, 0.1) is 6.54 Å². The van der Waals surface area contributed by atoms with Crippen LogP contribution >= 0.6 is 0 Å². The smallest absolute Gasteiger partial charge is 0.220 e. The van der Waals surface area contributed by atoms with Crippen molar-refractivity contribution in [1.29, 1.82) is 0 Å². The Morgan fingerprint density at radius 3 is 2.81 bits per heavy atom. The second-order valence-electron chi connectivity index (χ2n) is 4.60. The first kappa shape index (κ1) is 12.6. The standard InChI is InChI=1S/C10H19N5O/c1-10(2,11)5-4-9(16)12-6-8-13-7-15(3)14-8/h7H,4-6,11H2,1-3H3,(H,12,16).